The van der Waals surface area contributed by atoms with Crippen LogP contribution in [-0.4, -0.2) is 10.8 Å². The van der Waals surface area contributed by atoms with Crippen molar-refractivity contribution < 1.29 is 9.18 Å². The summed E-state index contributed by atoms with van der Waals surface area (Å²) in [6.07, 6.45) is 1.18. The minimum absolute atomic E-state index is 0.0812. The van der Waals surface area contributed by atoms with E-state index in [1.165, 1.54) is 12.1 Å². The van der Waals surface area contributed by atoms with E-state index in [0.29, 0.717) is 29.1 Å². The third kappa shape index (κ3) is 1.13. The fraction of sp³-hybridized carbons (Fsp3) is 0.182. The van der Waals surface area contributed by atoms with Gasteiger partial charge in [0.1, 0.15) is 5.82 Å². The van der Waals surface area contributed by atoms with E-state index in [9.17, 15) is 9.18 Å². The third-order valence-corrected chi connectivity index (χ3v) is 3.11. The molecule has 1 heterocycles. The molecule has 2 nitrogen and oxygen atoms in total. The highest BCUT2D eigenvalue weighted by Crippen LogP contribution is 2.33. The summed E-state index contributed by atoms with van der Waals surface area (Å²) in [6.45, 7) is 0. The smallest absolute Gasteiger partial charge is 0.179 e. The van der Waals surface area contributed by atoms with E-state index in [0.717, 1.165) is 10.9 Å². The number of ketones is 1. The van der Waals surface area contributed by atoms with E-state index < -0.39 is 0 Å². The zero-order valence-electron chi connectivity index (χ0n) is 7.73. The van der Waals surface area contributed by atoms with E-state index >= 15 is 0 Å². The van der Waals surface area contributed by atoms with Crippen LogP contribution in [0, 0.1) is 5.82 Å². The Morgan fingerprint density at radius 1 is 1.33 bits per heavy atom. The predicted octanol–water partition coefficient (Wildman–Crippen LogP) is 3.09. The van der Waals surface area contributed by atoms with Crippen molar-refractivity contribution in [2.45, 2.75) is 12.8 Å². The summed E-state index contributed by atoms with van der Waals surface area (Å²) < 4.78 is 13.2. The van der Waals surface area contributed by atoms with Gasteiger partial charge in [-0.05, 0) is 24.1 Å². The monoisotopic (exact) mass is 223 g/mol. The molecule has 0 saturated heterocycles. The molecule has 0 bridgehead atoms. The second kappa shape index (κ2) is 2.83. The number of halogens is 2. The van der Waals surface area contributed by atoms with Gasteiger partial charge in [0.2, 0.25) is 0 Å². The van der Waals surface area contributed by atoms with Gasteiger partial charge in [0, 0.05) is 11.8 Å². The van der Waals surface area contributed by atoms with Crippen LogP contribution in [0.25, 0.3) is 10.9 Å². The standard InChI is InChI=1S/C11H7ClFNO/c12-8-4-5(13)3-7-6-1-2-9(15)11(6)14-10(7)8/h3-4,14H,1-2H2. The van der Waals surface area contributed by atoms with Gasteiger partial charge in [-0.25, -0.2) is 4.39 Å². The minimum Gasteiger partial charge on any atom is -0.351 e. The van der Waals surface area contributed by atoms with Gasteiger partial charge in [-0.3, -0.25) is 4.79 Å². The quantitative estimate of drug-likeness (QED) is 0.732. The van der Waals surface area contributed by atoms with Gasteiger partial charge in [0.25, 0.3) is 0 Å². The highest BCUT2D eigenvalue weighted by molar-refractivity contribution is 6.35. The van der Waals surface area contributed by atoms with Crippen molar-refractivity contribution in [3.8, 4) is 0 Å². The lowest BCUT2D eigenvalue weighted by Gasteiger charge is -1.96. The number of benzene rings is 1. The van der Waals surface area contributed by atoms with Gasteiger partial charge in [0.15, 0.2) is 5.78 Å². The van der Waals surface area contributed by atoms with Gasteiger partial charge in [-0.2, -0.15) is 0 Å². The molecule has 2 aromatic rings. The fourth-order valence-electron chi connectivity index (χ4n) is 2.13. The van der Waals surface area contributed by atoms with Crippen LogP contribution in [0.1, 0.15) is 22.5 Å². The summed E-state index contributed by atoms with van der Waals surface area (Å²) in [6, 6.07) is 2.68. The van der Waals surface area contributed by atoms with Crippen LogP contribution in [0.2, 0.25) is 5.02 Å². The highest BCUT2D eigenvalue weighted by atomic mass is 35.5. The number of carbonyl (C=O) groups excluding carboxylic acids is 1. The van der Waals surface area contributed by atoms with Crippen molar-refractivity contribution in [1.82, 2.24) is 4.98 Å². The molecule has 76 valence electrons. The van der Waals surface area contributed by atoms with Crippen LogP contribution >= 0.6 is 11.6 Å². The summed E-state index contributed by atoms with van der Waals surface area (Å²) in [5.41, 5.74) is 2.16. The Kier molecular flexibility index (Phi) is 1.68. The van der Waals surface area contributed by atoms with Crippen LogP contribution in [-0.2, 0) is 6.42 Å². The van der Waals surface area contributed by atoms with Crippen molar-refractivity contribution in [2.75, 3.05) is 0 Å². The van der Waals surface area contributed by atoms with Gasteiger partial charge in [0.05, 0.1) is 16.2 Å². The van der Waals surface area contributed by atoms with Crippen molar-refractivity contribution in [3.05, 3.63) is 34.2 Å². The summed E-state index contributed by atoms with van der Waals surface area (Å²) in [5, 5.41) is 1.06. The summed E-state index contributed by atoms with van der Waals surface area (Å²) in [5.74, 6) is -0.286. The lowest BCUT2D eigenvalue weighted by Crippen LogP contribution is -1.91. The SMILES string of the molecule is O=C1CCc2c1[nH]c1c(Cl)cc(F)cc21. The Balaban J connectivity index is 2.44. The van der Waals surface area contributed by atoms with E-state index in [1.807, 2.05) is 0 Å². The Morgan fingerprint density at radius 3 is 2.93 bits per heavy atom. The lowest BCUT2D eigenvalue weighted by atomic mass is 10.1. The van der Waals surface area contributed by atoms with Crippen molar-refractivity contribution in [3.63, 3.8) is 0 Å². The lowest BCUT2D eigenvalue weighted by molar-refractivity contribution is 0.0991. The first kappa shape index (κ1) is 8.92. The number of H-pyrrole nitrogens is 1. The van der Waals surface area contributed by atoms with Gasteiger partial charge in [-0.1, -0.05) is 11.6 Å². The maximum atomic E-state index is 13.2. The largest absolute Gasteiger partial charge is 0.351 e. The first-order valence-corrected chi connectivity index (χ1v) is 5.07. The number of nitrogens with one attached hydrogen (secondary N) is 1. The Hall–Kier alpha value is -1.35. The molecule has 3 rings (SSSR count). The number of aromatic amines is 1. The molecule has 0 unspecified atom stereocenters. The maximum Gasteiger partial charge on any atom is 0.179 e. The average Bonchev–Trinajstić information content (AvgIpc) is 2.68. The van der Waals surface area contributed by atoms with E-state index in [-0.39, 0.29) is 11.6 Å². The normalized spacial score (nSPS) is 14.9. The van der Waals surface area contributed by atoms with Gasteiger partial charge < -0.3 is 4.98 Å². The molecule has 0 spiro atoms. The number of fused-ring (bicyclic) bond motifs is 3. The molecule has 0 fully saturated rings. The Bertz CT molecular complexity index is 588. The molecular weight excluding hydrogens is 217 g/mol. The number of rotatable bonds is 0. The number of Topliss-reactive ketones (excluding diaryl/α,β-unsaturated/α-hetero) is 1. The first-order chi connectivity index (χ1) is 7.16. The third-order valence-electron chi connectivity index (χ3n) is 2.81. The molecule has 4 heteroatoms. The van der Waals surface area contributed by atoms with E-state index in [1.54, 1.807) is 0 Å². The predicted molar refractivity (Wildman–Crippen MR) is 55.9 cm³/mol. The highest BCUT2D eigenvalue weighted by Gasteiger charge is 2.25. The van der Waals surface area contributed by atoms with Crippen molar-refractivity contribution in [1.29, 1.82) is 0 Å². The number of aromatic nitrogens is 1. The van der Waals surface area contributed by atoms with Crippen LogP contribution in [0.4, 0.5) is 4.39 Å². The summed E-state index contributed by atoms with van der Waals surface area (Å²) >= 11 is 5.89. The second-order valence-electron chi connectivity index (χ2n) is 3.71. The number of aryl methyl sites for hydroxylation is 1. The Morgan fingerprint density at radius 2 is 2.13 bits per heavy atom. The van der Waals surface area contributed by atoms with E-state index in [2.05, 4.69) is 4.98 Å². The zero-order valence-corrected chi connectivity index (χ0v) is 8.49. The van der Waals surface area contributed by atoms with Crippen LogP contribution < -0.4 is 0 Å². The zero-order chi connectivity index (χ0) is 10.6. The molecule has 0 radical (unpaired) electrons. The summed E-state index contributed by atoms with van der Waals surface area (Å²) in [7, 11) is 0. The maximum absolute atomic E-state index is 13.2. The molecule has 0 saturated carbocycles. The molecule has 0 amide bonds. The Labute approximate surface area is 90.0 Å². The second-order valence-corrected chi connectivity index (χ2v) is 4.12. The number of carbonyl (C=O) groups is 1. The topological polar surface area (TPSA) is 32.9 Å². The molecular formula is C11H7ClFNO. The summed E-state index contributed by atoms with van der Waals surface area (Å²) in [4.78, 5) is 14.4. The van der Waals surface area contributed by atoms with Crippen LogP contribution in [0.5, 0.6) is 0 Å². The minimum atomic E-state index is -0.367. The number of hydrogen-bond acceptors (Lipinski definition) is 1. The van der Waals surface area contributed by atoms with Gasteiger partial charge >= 0.3 is 0 Å². The molecule has 15 heavy (non-hydrogen) atoms. The molecule has 1 aromatic heterocycles. The van der Waals surface area contributed by atoms with Crippen molar-refractivity contribution >= 4 is 28.3 Å². The number of hydrogen-bond donors (Lipinski definition) is 1. The van der Waals surface area contributed by atoms with Crippen LogP contribution in [0.15, 0.2) is 12.1 Å². The molecule has 1 aromatic carbocycles. The molecule has 0 aliphatic heterocycles. The average molecular weight is 224 g/mol. The molecule has 1 aliphatic carbocycles. The van der Waals surface area contributed by atoms with Gasteiger partial charge in [-0.15, -0.1) is 0 Å². The van der Waals surface area contributed by atoms with Crippen LogP contribution in [0.3, 0.4) is 0 Å². The molecule has 1 N–H and O–H groups in total. The fourth-order valence-corrected chi connectivity index (χ4v) is 2.39. The molecule has 1 aliphatic rings. The first-order valence-electron chi connectivity index (χ1n) is 4.69. The van der Waals surface area contributed by atoms with Crippen molar-refractivity contribution in [2.24, 2.45) is 0 Å². The van der Waals surface area contributed by atoms with E-state index in [4.69, 9.17) is 11.6 Å². The molecule has 0 atom stereocenters.